The monoisotopic (exact) mass is 444 g/mol. The number of benzene rings is 2. The third-order valence-corrected chi connectivity index (χ3v) is 3.81. The number of rotatable bonds is 4. The first-order valence-corrected chi connectivity index (χ1v) is 7.65. The fraction of sp³-hybridized carbons (Fsp3) is 0.0625. The fourth-order valence-corrected chi connectivity index (χ4v) is 2.27. The average molecular weight is 444 g/mol. The summed E-state index contributed by atoms with van der Waals surface area (Å²) in [5.74, 6) is -17.6. The van der Waals surface area contributed by atoms with Crippen molar-refractivity contribution in [2.24, 2.45) is 10.9 Å². The molecule has 15 heteroatoms. The molecule has 0 unspecified atom stereocenters. The standard InChI is InChI=1S/C16H13FN2O12/c1-30-15(28)4-6(20)3(8(22)11(25)9(4)23)14(18)19-31-16(29)2-5(17)10(24)13(27)12(26)7(2)21/h20-27H,1H3,(H2,18,19). The largest absolute Gasteiger partial charge is 0.506 e. The maximum atomic E-state index is 14.0. The van der Waals surface area contributed by atoms with Crippen molar-refractivity contribution in [2.45, 2.75) is 0 Å². The van der Waals surface area contributed by atoms with Crippen LogP contribution in [0.1, 0.15) is 26.3 Å². The summed E-state index contributed by atoms with van der Waals surface area (Å²) in [6.07, 6.45) is 0. The number of esters is 1. The van der Waals surface area contributed by atoms with Gasteiger partial charge in [-0.25, -0.2) is 14.0 Å². The quantitative estimate of drug-likeness (QED) is 0.0561. The Hall–Kier alpha value is -4.82. The topological polar surface area (TPSA) is 253 Å². The lowest BCUT2D eigenvalue weighted by Gasteiger charge is -2.13. The number of ether oxygens (including phenoxy) is 1. The molecule has 2 aromatic rings. The van der Waals surface area contributed by atoms with Crippen molar-refractivity contribution in [1.82, 2.24) is 0 Å². The molecule has 0 radical (unpaired) electrons. The predicted molar refractivity (Wildman–Crippen MR) is 93.6 cm³/mol. The maximum absolute atomic E-state index is 14.0. The van der Waals surface area contributed by atoms with Gasteiger partial charge in [0.15, 0.2) is 34.7 Å². The summed E-state index contributed by atoms with van der Waals surface area (Å²) in [4.78, 5) is 27.8. The predicted octanol–water partition coefficient (Wildman–Crippen LogP) is -0.266. The highest BCUT2D eigenvalue weighted by molar-refractivity contribution is 6.09. The van der Waals surface area contributed by atoms with Gasteiger partial charge in [-0.15, -0.1) is 0 Å². The SMILES string of the molecule is COC(=O)c1c(O)c(O)c(O)c(/C(N)=N/OC(=O)c2c(O)c(O)c(O)c(O)c2F)c1O. The number of nitrogens with two attached hydrogens (primary N) is 1. The van der Waals surface area contributed by atoms with Crippen molar-refractivity contribution < 1.29 is 64.4 Å². The van der Waals surface area contributed by atoms with Crippen molar-refractivity contribution in [3.05, 3.63) is 22.5 Å². The summed E-state index contributed by atoms with van der Waals surface area (Å²) in [7, 11) is 0.855. The highest BCUT2D eigenvalue weighted by Gasteiger charge is 2.32. The van der Waals surface area contributed by atoms with Crippen LogP contribution in [-0.2, 0) is 9.57 Å². The summed E-state index contributed by atoms with van der Waals surface area (Å²) in [5, 5.41) is 79.8. The Balaban J connectivity index is 2.55. The number of carbonyl (C=O) groups is 2. The second-order valence-electron chi connectivity index (χ2n) is 5.57. The summed E-state index contributed by atoms with van der Waals surface area (Å²) in [6.45, 7) is 0. The first kappa shape index (κ1) is 22.5. The Labute approximate surface area is 169 Å². The smallest absolute Gasteiger partial charge is 0.372 e. The van der Waals surface area contributed by atoms with Crippen LogP contribution >= 0.6 is 0 Å². The normalized spacial score (nSPS) is 11.2. The van der Waals surface area contributed by atoms with E-state index in [-0.39, 0.29) is 0 Å². The van der Waals surface area contributed by atoms with Gasteiger partial charge in [0.05, 0.1) is 7.11 Å². The molecule has 2 aromatic carbocycles. The second kappa shape index (κ2) is 7.90. The molecule has 0 amide bonds. The van der Waals surface area contributed by atoms with Gasteiger partial charge in [-0.05, 0) is 0 Å². The second-order valence-corrected chi connectivity index (χ2v) is 5.57. The van der Waals surface area contributed by atoms with Gasteiger partial charge < -0.3 is 56.2 Å². The zero-order chi connectivity index (χ0) is 23.8. The van der Waals surface area contributed by atoms with Gasteiger partial charge in [0.25, 0.3) is 0 Å². The first-order chi connectivity index (χ1) is 14.4. The Morgan fingerprint density at radius 3 is 1.71 bits per heavy atom. The number of halogens is 1. The Kier molecular flexibility index (Phi) is 5.72. The van der Waals surface area contributed by atoms with E-state index < -0.39 is 86.3 Å². The molecule has 2 rings (SSSR count). The van der Waals surface area contributed by atoms with E-state index >= 15 is 0 Å². The number of methoxy groups -OCH3 is 1. The minimum absolute atomic E-state index is 0.855. The fourth-order valence-electron chi connectivity index (χ4n) is 2.27. The molecule has 0 bridgehead atoms. The molecule has 0 atom stereocenters. The van der Waals surface area contributed by atoms with Crippen LogP contribution in [0.25, 0.3) is 0 Å². The van der Waals surface area contributed by atoms with Gasteiger partial charge in [-0.1, -0.05) is 5.16 Å². The van der Waals surface area contributed by atoms with Crippen LogP contribution in [0.2, 0.25) is 0 Å². The van der Waals surface area contributed by atoms with Crippen molar-refractivity contribution in [1.29, 1.82) is 0 Å². The maximum Gasteiger partial charge on any atom is 0.372 e. The van der Waals surface area contributed by atoms with Crippen LogP contribution in [0, 0.1) is 5.82 Å². The molecule has 0 saturated heterocycles. The van der Waals surface area contributed by atoms with Crippen LogP contribution in [0.4, 0.5) is 4.39 Å². The number of aromatic hydroxyl groups is 8. The molecule has 10 N–H and O–H groups in total. The van der Waals surface area contributed by atoms with E-state index in [0.29, 0.717) is 0 Å². The van der Waals surface area contributed by atoms with E-state index in [1.165, 1.54) is 0 Å². The molecule has 0 aromatic heterocycles. The third kappa shape index (κ3) is 3.50. The minimum atomic E-state index is -1.91. The van der Waals surface area contributed by atoms with Crippen LogP contribution in [0.15, 0.2) is 5.16 Å². The van der Waals surface area contributed by atoms with E-state index in [4.69, 9.17) is 5.73 Å². The molecule has 0 aliphatic carbocycles. The summed E-state index contributed by atoms with van der Waals surface area (Å²) < 4.78 is 18.2. The highest BCUT2D eigenvalue weighted by Crippen LogP contribution is 2.47. The van der Waals surface area contributed by atoms with Crippen LogP contribution in [-0.4, -0.2) is 65.7 Å². The Morgan fingerprint density at radius 2 is 1.16 bits per heavy atom. The van der Waals surface area contributed by atoms with Crippen molar-refractivity contribution in [2.75, 3.05) is 7.11 Å². The van der Waals surface area contributed by atoms with E-state index in [0.717, 1.165) is 7.11 Å². The molecule has 0 spiro atoms. The van der Waals surface area contributed by atoms with Crippen LogP contribution < -0.4 is 5.73 Å². The minimum Gasteiger partial charge on any atom is -0.506 e. The van der Waals surface area contributed by atoms with Gasteiger partial charge in [-0.3, -0.25) is 0 Å². The molecule has 0 saturated carbocycles. The Bertz CT molecular complexity index is 1120. The summed E-state index contributed by atoms with van der Waals surface area (Å²) in [6, 6.07) is 0. The molecular formula is C16H13FN2O12. The average Bonchev–Trinajstić information content (AvgIpc) is 2.73. The lowest BCUT2D eigenvalue weighted by atomic mass is 10.0. The van der Waals surface area contributed by atoms with Gasteiger partial charge in [0.1, 0.15) is 22.4 Å². The summed E-state index contributed by atoms with van der Waals surface area (Å²) >= 11 is 0. The third-order valence-electron chi connectivity index (χ3n) is 3.81. The number of phenols is 8. The Morgan fingerprint density at radius 1 is 0.710 bits per heavy atom. The van der Waals surface area contributed by atoms with E-state index in [9.17, 15) is 54.8 Å². The lowest BCUT2D eigenvalue weighted by Crippen LogP contribution is -2.17. The van der Waals surface area contributed by atoms with E-state index in [1.54, 1.807) is 0 Å². The number of carbonyl (C=O) groups excluding carboxylic acids is 2. The first-order valence-electron chi connectivity index (χ1n) is 7.65. The van der Waals surface area contributed by atoms with E-state index in [1.807, 2.05) is 0 Å². The lowest BCUT2D eigenvalue weighted by molar-refractivity contribution is 0.0503. The molecule has 166 valence electrons. The van der Waals surface area contributed by atoms with Crippen molar-refractivity contribution in [3.8, 4) is 46.0 Å². The molecule has 14 nitrogen and oxygen atoms in total. The number of oxime groups is 1. The van der Waals surface area contributed by atoms with Gasteiger partial charge in [0, 0.05) is 0 Å². The van der Waals surface area contributed by atoms with Crippen LogP contribution in [0.3, 0.4) is 0 Å². The van der Waals surface area contributed by atoms with Gasteiger partial charge in [0.2, 0.25) is 17.2 Å². The molecule has 0 heterocycles. The molecule has 0 aliphatic heterocycles. The number of hydrogen-bond acceptors (Lipinski definition) is 13. The van der Waals surface area contributed by atoms with Gasteiger partial charge >= 0.3 is 11.9 Å². The zero-order valence-electron chi connectivity index (χ0n) is 15.1. The molecule has 0 aliphatic rings. The zero-order valence-corrected chi connectivity index (χ0v) is 15.1. The molecule has 31 heavy (non-hydrogen) atoms. The molecule has 0 fully saturated rings. The number of hydrogen-bond donors (Lipinski definition) is 9. The van der Waals surface area contributed by atoms with Crippen LogP contribution in [0.5, 0.6) is 46.0 Å². The summed E-state index contributed by atoms with van der Waals surface area (Å²) in [5.41, 5.74) is 1.87. The van der Waals surface area contributed by atoms with Crippen molar-refractivity contribution >= 4 is 17.8 Å². The van der Waals surface area contributed by atoms with E-state index in [2.05, 4.69) is 14.7 Å². The highest BCUT2D eigenvalue weighted by atomic mass is 19.1. The number of amidine groups is 1. The molecular weight excluding hydrogens is 431 g/mol. The van der Waals surface area contributed by atoms with Crippen molar-refractivity contribution in [3.63, 3.8) is 0 Å². The van der Waals surface area contributed by atoms with Gasteiger partial charge in [-0.2, -0.15) is 0 Å². The number of phenolic OH excluding ortho intramolecular Hbond substituents is 8. The number of nitrogens with zero attached hydrogens (tertiary/aromatic N) is 1.